The molecule has 5 heteroatoms. The Bertz CT molecular complexity index is 490. The van der Waals surface area contributed by atoms with Gasteiger partial charge in [0.1, 0.15) is 6.54 Å². The summed E-state index contributed by atoms with van der Waals surface area (Å²) in [6.45, 7) is 1.71. The van der Waals surface area contributed by atoms with Crippen LogP contribution in [0, 0.1) is 6.92 Å². The lowest BCUT2D eigenvalue weighted by Gasteiger charge is -1.97. The van der Waals surface area contributed by atoms with Gasteiger partial charge in [0.25, 0.3) is 0 Å². The predicted octanol–water partition coefficient (Wildman–Crippen LogP) is 0.824. The van der Waals surface area contributed by atoms with Crippen LogP contribution < -0.4 is 0 Å². The van der Waals surface area contributed by atoms with E-state index >= 15 is 0 Å². The smallest absolute Gasteiger partial charge is 0.325 e. The highest BCUT2D eigenvalue weighted by atomic mass is 16.4. The number of aromatic nitrogens is 3. The second-order valence-electron chi connectivity index (χ2n) is 3.01. The van der Waals surface area contributed by atoms with Crippen LogP contribution in [0.15, 0.2) is 18.3 Å². The third-order valence-corrected chi connectivity index (χ3v) is 2.06. The second-order valence-corrected chi connectivity index (χ2v) is 3.01. The largest absolute Gasteiger partial charge is 0.480 e. The molecule has 2 heterocycles. The van der Waals surface area contributed by atoms with Gasteiger partial charge in [-0.05, 0) is 19.1 Å². The number of hydrogen-bond acceptors (Lipinski definition) is 3. The first kappa shape index (κ1) is 8.68. The number of carboxylic acid groups (broad SMARTS) is 1. The van der Waals surface area contributed by atoms with E-state index in [0.29, 0.717) is 5.65 Å². The molecule has 0 atom stereocenters. The lowest BCUT2D eigenvalue weighted by Crippen LogP contribution is -2.11. The van der Waals surface area contributed by atoms with Crippen LogP contribution in [0.1, 0.15) is 5.69 Å². The quantitative estimate of drug-likeness (QED) is 0.763. The van der Waals surface area contributed by atoms with E-state index in [1.54, 1.807) is 6.20 Å². The number of carboxylic acids is 1. The topological polar surface area (TPSA) is 68.0 Å². The van der Waals surface area contributed by atoms with Crippen LogP contribution in [0.2, 0.25) is 0 Å². The van der Waals surface area contributed by atoms with Gasteiger partial charge in [0, 0.05) is 17.3 Å². The van der Waals surface area contributed by atoms with Crippen molar-refractivity contribution in [1.29, 1.82) is 0 Å². The normalized spacial score (nSPS) is 10.6. The Hall–Kier alpha value is -1.91. The van der Waals surface area contributed by atoms with Crippen molar-refractivity contribution in [2.75, 3.05) is 0 Å². The van der Waals surface area contributed by atoms with Crippen LogP contribution in [-0.2, 0) is 11.3 Å². The minimum atomic E-state index is -0.902. The lowest BCUT2D eigenvalue weighted by molar-refractivity contribution is -0.137. The fraction of sp³-hybridized carbons (Fsp3) is 0.222. The Morgan fingerprint density at radius 3 is 3.07 bits per heavy atom. The highest BCUT2D eigenvalue weighted by Crippen LogP contribution is 2.14. The summed E-state index contributed by atoms with van der Waals surface area (Å²) < 4.78 is 1.44. The van der Waals surface area contributed by atoms with Crippen molar-refractivity contribution in [1.82, 2.24) is 14.8 Å². The van der Waals surface area contributed by atoms with Gasteiger partial charge in [0.2, 0.25) is 0 Å². The molecule has 5 nitrogen and oxygen atoms in total. The molecule has 0 bridgehead atoms. The van der Waals surface area contributed by atoms with Crippen LogP contribution in [0.4, 0.5) is 0 Å². The van der Waals surface area contributed by atoms with Gasteiger partial charge < -0.3 is 5.11 Å². The van der Waals surface area contributed by atoms with Gasteiger partial charge >= 0.3 is 5.97 Å². The van der Waals surface area contributed by atoms with Crippen molar-refractivity contribution < 1.29 is 9.90 Å². The van der Waals surface area contributed by atoms with Gasteiger partial charge in [-0.3, -0.25) is 9.48 Å². The summed E-state index contributed by atoms with van der Waals surface area (Å²) in [6.07, 6.45) is 1.64. The van der Waals surface area contributed by atoms with Crippen molar-refractivity contribution in [2.24, 2.45) is 0 Å². The summed E-state index contributed by atoms with van der Waals surface area (Å²) in [5.74, 6) is -0.902. The van der Waals surface area contributed by atoms with E-state index < -0.39 is 5.97 Å². The molecule has 0 aromatic carbocycles. The van der Waals surface area contributed by atoms with Gasteiger partial charge in [0.15, 0.2) is 5.65 Å². The average Bonchev–Trinajstić information content (AvgIpc) is 2.44. The van der Waals surface area contributed by atoms with Gasteiger partial charge in [-0.1, -0.05) is 0 Å². The predicted molar refractivity (Wildman–Crippen MR) is 49.9 cm³/mol. The Morgan fingerprint density at radius 1 is 1.64 bits per heavy atom. The van der Waals surface area contributed by atoms with E-state index in [0.717, 1.165) is 11.1 Å². The highest BCUT2D eigenvalue weighted by Gasteiger charge is 2.09. The molecular formula is C9H9N3O2. The first-order valence-electron chi connectivity index (χ1n) is 4.18. The Balaban J connectivity index is 2.57. The minimum Gasteiger partial charge on any atom is -0.480 e. The first-order valence-corrected chi connectivity index (χ1v) is 4.18. The SMILES string of the molecule is Cc1c2cccnc2nn1CC(=O)O. The van der Waals surface area contributed by atoms with Gasteiger partial charge in [-0.25, -0.2) is 4.98 Å². The third kappa shape index (κ3) is 1.32. The molecule has 2 rings (SSSR count). The van der Waals surface area contributed by atoms with Crippen molar-refractivity contribution in [3.8, 4) is 0 Å². The van der Waals surface area contributed by atoms with Gasteiger partial charge in [-0.15, -0.1) is 0 Å². The molecule has 0 unspecified atom stereocenters. The highest BCUT2D eigenvalue weighted by molar-refractivity contribution is 5.78. The number of aliphatic carboxylic acids is 1. The van der Waals surface area contributed by atoms with Crippen molar-refractivity contribution >= 4 is 17.0 Å². The first-order chi connectivity index (χ1) is 6.68. The molecule has 0 amide bonds. The molecule has 2 aromatic rings. The Kier molecular flexibility index (Phi) is 1.92. The maximum Gasteiger partial charge on any atom is 0.325 e. The standard InChI is InChI=1S/C9H9N3O2/c1-6-7-3-2-4-10-9(7)11-12(6)5-8(13)14/h2-4H,5H2,1H3,(H,13,14). The molecule has 0 aliphatic carbocycles. The summed E-state index contributed by atoms with van der Waals surface area (Å²) in [5.41, 5.74) is 1.42. The van der Waals surface area contributed by atoms with Gasteiger partial charge in [-0.2, -0.15) is 5.10 Å². The van der Waals surface area contributed by atoms with Crippen molar-refractivity contribution in [3.05, 3.63) is 24.0 Å². The summed E-state index contributed by atoms with van der Waals surface area (Å²) >= 11 is 0. The zero-order valence-electron chi connectivity index (χ0n) is 7.64. The maximum atomic E-state index is 10.5. The molecule has 0 fully saturated rings. The fourth-order valence-electron chi connectivity index (χ4n) is 1.37. The van der Waals surface area contributed by atoms with Crippen LogP contribution in [0.3, 0.4) is 0 Å². The van der Waals surface area contributed by atoms with Crippen molar-refractivity contribution in [3.63, 3.8) is 0 Å². The Labute approximate surface area is 80.0 Å². The third-order valence-electron chi connectivity index (χ3n) is 2.06. The van der Waals surface area contributed by atoms with Crippen LogP contribution in [-0.4, -0.2) is 25.8 Å². The van der Waals surface area contributed by atoms with Crippen molar-refractivity contribution in [2.45, 2.75) is 13.5 Å². The van der Waals surface area contributed by atoms with E-state index in [1.807, 2.05) is 19.1 Å². The van der Waals surface area contributed by atoms with Crippen LogP contribution >= 0.6 is 0 Å². The van der Waals surface area contributed by atoms with E-state index in [9.17, 15) is 4.79 Å². The lowest BCUT2D eigenvalue weighted by atomic mass is 10.3. The number of aryl methyl sites for hydroxylation is 1. The Morgan fingerprint density at radius 2 is 2.43 bits per heavy atom. The van der Waals surface area contributed by atoms with E-state index in [4.69, 9.17) is 5.11 Å². The van der Waals surface area contributed by atoms with Crippen LogP contribution in [0.25, 0.3) is 11.0 Å². The molecule has 0 aliphatic rings. The second kappa shape index (κ2) is 3.10. The molecular weight excluding hydrogens is 182 g/mol. The van der Waals surface area contributed by atoms with Crippen LogP contribution in [0.5, 0.6) is 0 Å². The molecule has 14 heavy (non-hydrogen) atoms. The summed E-state index contributed by atoms with van der Waals surface area (Å²) in [4.78, 5) is 14.6. The van der Waals surface area contributed by atoms with Gasteiger partial charge in [0.05, 0.1) is 0 Å². The molecule has 0 saturated carbocycles. The molecule has 1 N–H and O–H groups in total. The monoisotopic (exact) mass is 191 g/mol. The van der Waals surface area contributed by atoms with E-state index in [1.165, 1.54) is 4.68 Å². The van der Waals surface area contributed by atoms with E-state index in [-0.39, 0.29) is 6.54 Å². The van der Waals surface area contributed by atoms with E-state index in [2.05, 4.69) is 10.1 Å². The molecule has 0 saturated heterocycles. The molecule has 0 aliphatic heterocycles. The zero-order chi connectivity index (χ0) is 10.1. The summed E-state index contributed by atoms with van der Waals surface area (Å²) in [6, 6.07) is 3.69. The maximum absolute atomic E-state index is 10.5. The molecule has 0 spiro atoms. The fourth-order valence-corrected chi connectivity index (χ4v) is 1.37. The number of hydrogen-bond donors (Lipinski definition) is 1. The number of pyridine rings is 1. The number of carbonyl (C=O) groups is 1. The number of fused-ring (bicyclic) bond motifs is 1. The summed E-state index contributed by atoms with van der Waals surface area (Å²) in [7, 11) is 0. The number of rotatable bonds is 2. The molecule has 0 radical (unpaired) electrons. The molecule has 2 aromatic heterocycles. The number of nitrogens with zero attached hydrogens (tertiary/aromatic N) is 3. The molecule has 72 valence electrons. The zero-order valence-corrected chi connectivity index (χ0v) is 7.64. The average molecular weight is 191 g/mol. The summed E-state index contributed by atoms with van der Waals surface area (Å²) in [5, 5.41) is 13.6. The minimum absolute atomic E-state index is 0.123.